The highest BCUT2D eigenvalue weighted by atomic mass is 32.1. The van der Waals surface area contributed by atoms with Gasteiger partial charge in [0.15, 0.2) is 0 Å². The number of ether oxygens (including phenoxy) is 3. The Morgan fingerprint density at radius 1 is 0.833 bits per heavy atom. The van der Waals surface area contributed by atoms with Crippen LogP contribution in [0, 0.1) is 0 Å². The molecule has 0 bridgehead atoms. The monoisotopic (exact) mass is 356 g/mol. The summed E-state index contributed by atoms with van der Waals surface area (Å²) in [5.41, 5.74) is 0.999. The van der Waals surface area contributed by atoms with Gasteiger partial charge in [-0.15, -0.1) is 0 Å². The van der Waals surface area contributed by atoms with Crippen LogP contribution in [-0.4, -0.2) is 27.3 Å². The summed E-state index contributed by atoms with van der Waals surface area (Å²) in [5.74, 6) is -1.03. The van der Waals surface area contributed by atoms with Crippen LogP contribution in [0.2, 0.25) is 0 Å². The second kappa shape index (κ2) is 11.2. The van der Waals surface area contributed by atoms with Gasteiger partial charge in [-0.05, 0) is 35.2 Å². The smallest absolute Gasteiger partial charge is 0.292 e. The molecule has 0 radical (unpaired) electrons. The zero-order chi connectivity index (χ0) is 17.9. The van der Waals surface area contributed by atoms with Crippen molar-refractivity contribution in [2.75, 3.05) is 21.3 Å². The molecule has 0 spiro atoms. The number of hydrogen-bond acceptors (Lipinski definition) is 4. The van der Waals surface area contributed by atoms with Crippen LogP contribution in [0.5, 0.6) is 0 Å². The van der Waals surface area contributed by atoms with E-state index in [0.29, 0.717) is 0 Å². The molecule has 4 heteroatoms. The SMILES string of the molecule is CCCCCCCCC(CCC)(c1ccsc1)C(OC)(OC)OC. The first-order valence-corrected chi connectivity index (χ1v) is 10.3. The second-order valence-corrected chi connectivity index (χ2v) is 7.31. The van der Waals surface area contributed by atoms with E-state index in [9.17, 15) is 0 Å². The molecule has 1 heterocycles. The molecule has 0 aromatic carbocycles. The molecular weight excluding hydrogens is 320 g/mol. The van der Waals surface area contributed by atoms with Gasteiger partial charge in [0, 0.05) is 21.3 Å². The van der Waals surface area contributed by atoms with Crippen LogP contribution in [0.25, 0.3) is 0 Å². The van der Waals surface area contributed by atoms with Gasteiger partial charge in [0.05, 0.1) is 5.41 Å². The van der Waals surface area contributed by atoms with Crippen molar-refractivity contribution in [1.29, 1.82) is 0 Å². The first kappa shape index (κ1) is 21.6. The largest absolute Gasteiger partial charge is 0.330 e. The minimum absolute atomic E-state index is 0.273. The van der Waals surface area contributed by atoms with Crippen LogP contribution in [0.3, 0.4) is 0 Å². The Balaban J connectivity index is 3.00. The van der Waals surface area contributed by atoms with Crippen LogP contribution < -0.4 is 0 Å². The molecule has 0 aliphatic carbocycles. The van der Waals surface area contributed by atoms with Crippen LogP contribution in [-0.2, 0) is 19.6 Å². The molecule has 1 atom stereocenters. The van der Waals surface area contributed by atoms with E-state index < -0.39 is 5.97 Å². The highest BCUT2D eigenvalue weighted by Crippen LogP contribution is 2.47. The lowest BCUT2D eigenvalue weighted by Crippen LogP contribution is -2.55. The molecule has 0 aliphatic heterocycles. The third kappa shape index (κ3) is 4.81. The fourth-order valence-electron chi connectivity index (χ4n) is 3.90. The van der Waals surface area contributed by atoms with E-state index in [1.165, 1.54) is 37.7 Å². The van der Waals surface area contributed by atoms with Crippen molar-refractivity contribution >= 4 is 11.3 Å². The Kier molecular flexibility index (Phi) is 10.1. The number of thiophene rings is 1. The molecule has 3 nitrogen and oxygen atoms in total. The topological polar surface area (TPSA) is 27.7 Å². The normalized spacial score (nSPS) is 14.7. The molecule has 0 saturated carbocycles. The molecule has 0 amide bonds. The van der Waals surface area contributed by atoms with E-state index in [2.05, 4.69) is 30.7 Å². The average Bonchev–Trinajstić information content (AvgIpc) is 3.14. The molecule has 1 unspecified atom stereocenters. The van der Waals surface area contributed by atoms with Crippen LogP contribution in [0.15, 0.2) is 16.8 Å². The Hall–Kier alpha value is -0.420. The number of rotatable bonds is 14. The third-order valence-corrected chi connectivity index (χ3v) is 5.78. The maximum absolute atomic E-state index is 5.83. The number of hydrogen-bond donors (Lipinski definition) is 0. The van der Waals surface area contributed by atoms with Gasteiger partial charge in [0.25, 0.3) is 5.97 Å². The lowest BCUT2D eigenvalue weighted by molar-refractivity contribution is -0.390. The molecule has 0 saturated heterocycles. The predicted molar refractivity (Wildman–Crippen MR) is 103 cm³/mol. The third-order valence-electron chi connectivity index (χ3n) is 5.10. The lowest BCUT2D eigenvalue weighted by atomic mass is 9.71. The minimum atomic E-state index is -1.03. The molecule has 1 aromatic rings. The molecule has 1 rings (SSSR count). The molecule has 140 valence electrons. The van der Waals surface area contributed by atoms with Gasteiger partial charge in [-0.25, -0.2) is 0 Å². The maximum Gasteiger partial charge on any atom is 0.292 e. The number of unbranched alkanes of at least 4 members (excludes halogenated alkanes) is 5. The minimum Gasteiger partial charge on any atom is -0.330 e. The van der Waals surface area contributed by atoms with Gasteiger partial charge in [-0.1, -0.05) is 58.8 Å². The Bertz CT molecular complexity index is 406. The maximum atomic E-state index is 5.83. The Morgan fingerprint density at radius 2 is 1.46 bits per heavy atom. The van der Waals surface area contributed by atoms with Crippen LogP contribution >= 0.6 is 11.3 Å². The second-order valence-electron chi connectivity index (χ2n) is 6.53. The summed E-state index contributed by atoms with van der Waals surface area (Å²) in [5, 5.41) is 4.35. The molecule has 0 N–H and O–H groups in total. The van der Waals surface area contributed by atoms with Crippen molar-refractivity contribution in [3.05, 3.63) is 22.4 Å². The van der Waals surface area contributed by atoms with Crippen molar-refractivity contribution in [3.63, 3.8) is 0 Å². The molecule has 0 aliphatic rings. The summed E-state index contributed by atoms with van der Waals surface area (Å²) >= 11 is 1.72. The summed E-state index contributed by atoms with van der Waals surface area (Å²) in [6.07, 6.45) is 10.7. The van der Waals surface area contributed by atoms with Crippen molar-refractivity contribution in [3.8, 4) is 0 Å². The van der Waals surface area contributed by atoms with Crippen molar-refractivity contribution in [2.45, 2.75) is 83.0 Å². The lowest BCUT2D eigenvalue weighted by Gasteiger charge is -2.47. The van der Waals surface area contributed by atoms with E-state index in [-0.39, 0.29) is 5.41 Å². The zero-order valence-corrected chi connectivity index (χ0v) is 17.0. The van der Waals surface area contributed by atoms with Gasteiger partial charge < -0.3 is 14.2 Å². The summed E-state index contributed by atoms with van der Waals surface area (Å²) in [6.45, 7) is 4.47. The van der Waals surface area contributed by atoms with Gasteiger partial charge in [-0.2, -0.15) is 11.3 Å². The van der Waals surface area contributed by atoms with E-state index in [4.69, 9.17) is 14.2 Å². The summed E-state index contributed by atoms with van der Waals surface area (Å²) in [6, 6.07) is 2.20. The summed E-state index contributed by atoms with van der Waals surface area (Å²) < 4.78 is 17.5. The summed E-state index contributed by atoms with van der Waals surface area (Å²) in [7, 11) is 5.06. The Morgan fingerprint density at radius 3 is 1.96 bits per heavy atom. The Labute approximate surface area is 152 Å². The highest BCUT2D eigenvalue weighted by Gasteiger charge is 2.54. The van der Waals surface area contributed by atoms with Crippen LogP contribution in [0.4, 0.5) is 0 Å². The van der Waals surface area contributed by atoms with Gasteiger partial charge >= 0.3 is 0 Å². The fraction of sp³-hybridized carbons (Fsp3) is 0.800. The van der Waals surface area contributed by atoms with E-state index in [1.54, 1.807) is 32.7 Å². The first-order chi connectivity index (χ1) is 11.7. The highest BCUT2D eigenvalue weighted by molar-refractivity contribution is 7.08. The first-order valence-electron chi connectivity index (χ1n) is 9.34. The molecular formula is C20H36O3S. The zero-order valence-electron chi connectivity index (χ0n) is 16.2. The molecule has 0 fully saturated rings. The van der Waals surface area contributed by atoms with Gasteiger partial charge in [-0.3, -0.25) is 0 Å². The van der Waals surface area contributed by atoms with Crippen molar-refractivity contribution in [2.24, 2.45) is 0 Å². The molecule has 1 aromatic heterocycles. The predicted octanol–water partition coefficient (Wildman–Crippen LogP) is 6.13. The quantitative estimate of drug-likeness (QED) is 0.296. The van der Waals surface area contributed by atoms with Crippen molar-refractivity contribution in [1.82, 2.24) is 0 Å². The average molecular weight is 357 g/mol. The van der Waals surface area contributed by atoms with Gasteiger partial charge in [0.1, 0.15) is 0 Å². The summed E-state index contributed by atoms with van der Waals surface area (Å²) in [4.78, 5) is 0. The van der Waals surface area contributed by atoms with Crippen LogP contribution in [0.1, 0.15) is 77.2 Å². The molecule has 24 heavy (non-hydrogen) atoms. The number of methoxy groups -OCH3 is 3. The van der Waals surface area contributed by atoms with Crippen molar-refractivity contribution < 1.29 is 14.2 Å². The van der Waals surface area contributed by atoms with E-state index in [0.717, 1.165) is 25.7 Å². The fourth-order valence-corrected chi connectivity index (χ4v) is 4.66. The standard InChI is InChI=1S/C20H36O3S/c1-6-8-9-10-11-12-15-19(14-7-2,18-13-16-24-17-18)20(21-3,22-4)23-5/h13,16-17H,6-12,14-15H2,1-5H3. The van der Waals surface area contributed by atoms with E-state index in [1.807, 2.05) is 0 Å². The van der Waals surface area contributed by atoms with E-state index >= 15 is 0 Å². The van der Waals surface area contributed by atoms with Gasteiger partial charge in [0.2, 0.25) is 0 Å².